The molecule has 0 N–H and O–H groups in total. The average molecular weight is 451 g/mol. The van der Waals surface area contributed by atoms with Gasteiger partial charge < -0.3 is 4.90 Å². The van der Waals surface area contributed by atoms with Gasteiger partial charge in [-0.3, -0.25) is 0 Å². The predicted molar refractivity (Wildman–Crippen MR) is 129 cm³/mol. The van der Waals surface area contributed by atoms with Crippen LogP contribution in [0.25, 0.3) is 11.3 Å². The average Bonchev–Trinajstić information content (AvgIpc) is 2.76. The number of piperazine rings is 1. The van der Waals surface area contributed by atoms with Gasteiger partial charge in [-0.2, -0.15) is 4.31 Å². The highest BCUT2D eigenvalue weighted by Gasteiger charge is 2.30. The van der Waals surface area contributed by atoms with Gasteiger partial charge in [0.2, 0.25) is 10.0 Å². The summed E-state index contributed by atoms with van der Waals surface area (Å²) in [7, 11) is -3.52. The van der Waals surface area contributed by atoms with E-state index in [9.17, 15) is 8.42 Å². The van der Waals surface area contributed by atoms with Crippen LogP contribution < -0.4 is 4.90 Å². The fourth-order valence-electron chi connectivity index (χ4n) is 4.25. The zero-order chi connectivity index (χ0) is 23.0. The van der Waals surface area contributed by atoms with Gasteiger partial charge in [0.1, 0.15) is 0 Å². The molecule has 0 saturated carbocycles. The number of aromatic nitrogens is 2. The first-order valence-electron chi connectivity index (χ1n) is 10.9. The highest BCUT2D eigenvalue weighted by Crippen LogP contribution is 2.26. The van der Waals surface area contributed by atoms with Crippen LogP contribution in [0, 0.1) is 34.6 Å². The molecule has 168 valence electrons. The van der Waals surface area contributed by atoms with Crippen molar-refractivity contribution in [3.05, 3.63) is 70.3 Å². The summed E-state index contributed by atoms with van der Waals surface area (Å²) in [5.74, 6) is 0.776. The Morgan fingerprint density at radius 1 is 0.719 bits per heavy atom. The summed E-state index contributed by atoms with van der Waals surface area (Å²) in [5.41, 5.74) is 7.21. The van der Waals surface area contributed by atoms with Crippen molar-refractivity contribution in [3.8, 4) is 11.3 Å². The molecule has 0 unspecified atom stereocenters. The van der Waals surface area contributed by atoms with Crippen molar-refractivity contribution in [2.24, 2.45) is 0 Å². The second kappa shape index (κ2) is 8.64. The topological polar surface area (TPSA) is 66.4 Å². The number of nitrogens with zero attached hydrogens (tertiary/aromatic N) is 4. The van der Waals surface area contributed by atoms with Crippen molar-refractivity contribution in [3.63, 3.8) is 0 Å². The van der Waals surface area contributed by atoms with Gasteiger partial charge in [-0.05, 0) is 75.1 Å². The number of rotatable bonds is 4. The van der Waals surface area contributed by atoms with Crippen LogP contribution in [0.3, 0.4) is 0 Å². The van der Waals surface area contributed by atoms with Crippen LogP contribution >= 0.6 is 0 Å². The minimum Gasteiger partial charge on any atom is -0.352 e. The molecular weight excluding hydrogens is 420 g/mol. The molecular formula is C25H30N4O2S. The second-order valence-corrected chi connectivity index (χ2v) is 10.6. The molecule has 0 radical (unpaired) electrons. The van der Waals surface area contributed by atoms with Crippen LogP contribution in [0.4, 0.5) is 5.82 Å². The molecule has 4 rings (SSSR count). The van der Waals surface area contributed by atoms with E-state index in [2.05, 4.69) is 47.1 Å². The monoisotopic (exact) mass is 450 g/mol. The Hall–Kier alpha value is -2.77. The SMILES string of the molecule is Cc1ccc(-c2ccc(N3CCN(S(=O)(=O)c4cc(C)c(C)cc4C)CC3)nn2)c(C)c1. The Morgan fingerprint density at radius 2 is 1.41 bits per heavy atom. The Morgan fingerprint density at radius 3 is 2.03 bits per heavy atom. The molecule has 6 nitrogen and oxygen atoms in total. The molecule has 1 fully saturated rings. The van der Waals surface area contributed by atoms with Gasteiger partial charge >= 0.3 is 0 Å². The largest absolute Gasteiger partial charge is 0.352 e. The van der Waals surface area contributed by atoms with Crippen LogP contribution in [0.5, 0.6) is 0 Å². The molecule has 1 aliphatic rings. The van der Waals surface area contributed by atoms with Gasteiger partial charge in [-0.1, -0.05) is 29.8 Å². The van der Waals surface area contributed by atoms with Gasteiger partial charge in [0.05, 0.1) is 10.6 Å². The van der Waals surface area contributed by atoms with Crippen LogP contribution in [0.15, 0.2) is 47.4 Å². The lowest BCUT2D eigenvalue weighted by molar-refractivity contribution is 0.383. The Balaban J connectivity index is 1.47. The second-order valence-electron chi connectivity index (χ2n) is 8.69. The lowest BCUT2D eigenvalue weighted by Gasteiger charge is -2.34. The molecule has 1 aliphatic heterocycles. The van der Waals surface area contributed by atoms with E-state index in [0.29, 0.717) is 31.1 Å². The van der Waals surface area contributed by atoms with Gasteiger partial charge in [-0.15, -0.1) is 10.2 Å². The van der Waals surface area contributed by atoms with Gasteiger partial charge in [0.15, 0.2) is 5.82 Å². The Labute approximate surface area is 191 Å². The van der Waals surface area contributed by atoms with Gasteiger partial charge in [0, 0.05) is 31.7 Å². The zero-order valence-corrected chi connectivity index (χ0v) is 20.2. The molecule has 0 atom stereocenters. The molecule has 0 amide bonds. The van der Waals surface area contributed by atoms with Crippen molar-refractivity contribution in [2.75, 3.05) is 31.1 Å². The third-order valence-corrected chi connectivity index (χ3v) is 8.32. The highest BCUT2D eigenvalue weighted by molar-refractivity contribution is 7.89. The summed E-state index contributed by atoms with van der Waals surface area (Å²) in [6, 6.07) is 14.0. The van der Waals surface area contributed by atoms with E-state index in [-0.39, 0.29) is 0 Å². The van der Waals surface area contributed by atoms with Crippen LogP contribution in [-0.2, 0) is 10.0 Å². The summed E-state index contributed by atoms with van der Waals surface area (Å²) in [4.78, 5) is 2.50. The number of benzene rings is 2. The highest BCUT2D eigenvalue weighted by atomic mass is 32.2. The first-order valence-corrected chi connectivity index (χ1v) is 12.3. The minimum atomic E-state index is -3.52. The summed E-state index contributed by atoms with van der Waals surface area (Å²) >= 11 is 0. The van der Waals surface area contributed by atoms with E-state index in [4.69, 9.17) is 0 Å². The lowest BCUT2D eigenvalue weighted by atomic mass is 10.0. The van der Waals surface area contributed by atoms with E-state index in [0.717, 1.165) is 33.8 Å². The van der Waals surface area contributed by atoms with E-state index in [1.54, 1.807) is 10.4 Å². The van der Waals surface area contributed by atoms with Crippen LogP contribution in [-0.4, -0.2) is 49.1 Å². The van der Waals surface area contributed by atoms with Crippen molar-refractivity contribution >= 4 is 15.8 Å². The van der Waals surface area contributed by atoms with Crippen LogP contribution in [0.1, 0.15) is 27.8 Å². The van der Waals surface area contributed by atoms with E-state index in [1.807, 2.05) is 39.0 Å². The molecule has 1 aromatic heterocycles. The quantitative estimate of drug-likeness (QED) is 0.596. The Bertz CT molecular complexity index is 1250. The summed E-state index contributed by atoms with van der Waals surface area (Å²) in [6.45, 7) is 12.0. The molecule has 0 bridgehead atoms. The minimum absolute atomic E-state index is 0.409. The normalized spacial score (nSPS) is 15.2. The van der Waals surface area contributed by atoms with Crippen molar-refractivity contribution in [2.45, 2.75) is 39.5 Å². The van der Waals surface area contributed by atoms with E-state index < -0.39 is 10.0 Å². The number of hydrogen-bond donors (Lipinski definition) is 0. The standard InChI is InChI=1S/C25H30N4O2S/c1-17-6-7-22(20(4)14-17)23-8-9-25(27-26-23)28-10-12-29(13-11-28)32(30,31)24-16-19(3)18(2)15-21(24)5/h6-9,14-16H,10-13H2,1-5H3. The summed E-state index contributed by atoms with van der Waals surface area (Å²) in [5, 5.41) is 8.87. The molecule has 0 spiro atoms. The third-order valence-electron chi connectivity index (χ3n) is 6.28. The third kappa shape index (κ3) is 4.27. The van der Waals surface area contributed by atoms with Crippen molar-refractivity contribution in [1.82, 2.24) is 14.5 Å². The summed E-state index contributed by atoms with van der Waals surface area (Å²) < 4.78 is 28.1. The Kier molecular flexibility index (Phi) is 6.05. The molecule has 3 aromatic rings. The molecule has 2 heterocycles. The van der Waals surface area contributed by atoms with Crippen LogP contribution in [0.2, 0.25) is 0 Å². The van der Waals surface area contributed by atoms with Gasteiger partial charge in [-0.25, -0.2) is 8.42 Å². The van der Waals surface area contributed by atoms with Crippen molar-refractivity contribution < 1.29 is 8.42 Å². The first kappa shape index (κ1) is 22.4. The maximum absolute atomic E-state index is 13.3. The molecule has 2 aromatic carbocycles. The van der Waals surface area contributed by atoms with Crippen molar-refractivity contribution in [1.29, 1.82) is 0 Å². The summed E-state index contributed by atoms with van der Waals surface area (Å²) in [6.07, 6.45) is 0. The van der Waals surface area contributed by atoms with E-state index >= 15 is 0 Å². The predicted octanol–water partition coefficient (Wildman–Crippen LogP) is 4.20. The number of hydrogen-bond acceptors (Lipinski definition) is 5. The zero-order valence-electron chi connectivity index (χ0n) is 19.4. The van der Waals surface area contributed by atoms with E-state index in [1.165, 1.54) is 11.1 Å². The fourth-order valence-corrected chi connectivity index (χ4v) is 5.96. The fraction of sp³-hybridized carbons (Fsp3) is 0.360. The lowest BCUT2D eigenvalue weighted by Crippen LogP contribution is -2.49. The number of anilines is 1. The number of sulfonamides is 1. The maximum atomic E-state index is 13.3. The molecule has 0 aliphatic carbocycles. The van der Waals surface area contributed by atoms with Gasteiger partial charge in [0.25, 0.3) is 0 Å². The maximum Gasteiger partial charge on any atom is 0.243 e. The molecule has 7 heteroatoms. The number of aryl methyl sites for hydroxylation is 5. The molecule has 1 saturated heterocycles. The first-order chi connectivity index (χ1) is 15.2. The molecule has 32 heavy (non-hydrogen) atoms. The smallest absolute Gasteiger partial charge is 0.243 e.